The molecule has 0 radical (unpaired) electrons. The third-order valence-electron chi connectivity index (χ3n) is 5.25. The van der Waals surface area contributed by atoms with Gasteiger partial charge in [-0.3, -0.25) is 9.59 Å². The molecule has 0 spiro atoms. The van der Waals surface area contributed by atoms with Gasteiger partial charge in [0, 0.05) is 29.5 Å². The van der Waals surface area contributed by atoms with Crippen molar-refractivity contribution >= 4 is 39.3 Å². The van der Waals surface area contributed by atoms with Crippen LogP contribution < -0.4 is 10.1 Å². The molecule has 3 aromatic carbocycles. The topological polar surface area (TPSA) is 58.6 Å². The maximum Gasteiger partial charge on any atom is 0.261 e. The minimum absolute atomic E-state index is 0.191. The van der Waals surface area contributed by atoms with E-state index in [9.17, 15) is 9.59 Å². The number of aryl methyl sites for hydroxylation is 1. The number of hydrogen-bond acceptors (Lipinski definition) is 3. The molecular weight excluding hydrogens is 504 g/mol. The molecule has 172 valence electrons. The maximum atomic E-state index is 13.4. The monoisotopic (exact) mass is 528 g/mol. The van der Waals surface area contributed by atoms with Gasteiger partial charge in [-0.25, -0.2) is 0 Å². The van der Waals surface area contributed by atoms with Crippen molar-refractivity contribution in [2.24, 2.45) is 0 Å². The molecule has 2 amide bonds. The van der Waals surface area contributed by atoms with Crippen LogP contribution in [0.3, 0.4) is 0 Å². The van der Waals surface area contributed by atoms with Crippen LogP contribution in [0.1, 0.15) is 16.7 Å². The zero-order valence-electron chi connectivity index (χ0n) is 18.6. The van der Waals surface area contributed by atoms with Crippen LogP contribution in [0.15, 0.2) is 77.3 Å². The van der Waals surface area contributed by atoms with Gasteiger partial charge in [-0.05, 0) is 53.9 Å². The van der Waals surface area contributed by atoms with E-state index in [1.165, 1.54) is 0 Å². The Bertz CT molecular complexity index is 1110. The number of nitrogens with zero attached hydrogens (tertiary/aromatic N) is 1. The summed E-state index contributed by atoms with van der Waals surface area (Å²) in [5, 5.41) is 3.27. The minimum atomic E-state index is -0.709. The summed E-state index contributed by atoms with van der Waals surface area (Å²) < 4.78 is 6.75. The Morgan fingerprint density at radius 3 is 2.42 bits per heavy atom. The van der Waals surface area contributed by atoms with E-state index in [2.05, 4.69) is 21.2 Å². The van der Waals surface area contributed by atoms with Crippen LogP contribution in [0.4, 0.5) is 0 Å². The van der Waals surface area contributed by atoms with Gasteiger partial charge < -0.3 is 15.0 Å². The van der Waals surface area contributed by atoms with E-state index in [1.807, 2.05) is 61.5 Å². The van der Waals surface area contributed by atoms with E-state index in [0.29, 0.717) is 17.2 Å². The van der Waals surface area contributed by atoms with Gasteiger partial charge in [0.1, 0.15) is 11.8 Å². The van der Waals surface area contributed by atoms with Gasteiger partial charge >= 0.3 is 0 Å². The lowest BCUT2D eigenvalue weighted by molar-refractivity contribution is -0.142. The molecule has 33 heavy (non-hydrogen) atoms. The number of ether oxygens (including phenoxy) is 1. The number of rotatable bonds is 9. The number of benzene rings is 3. The van der Waals surface area contributed by atoms with Gasteiger partial charge in [-0.15, -0.1) is 0 Å². The lowest BCUT2D eigenvalue weighted by Crippen LogP contribution is -2.51. The Morgan fingerprint density at radius 2 is 1.76 bits per heavy atom. The number of halogens is 2. The fraction of sp³-hybridized carbons (Fsp3) is 0.231. The molecule has 0 saturated carbocycles. The molecular formula is C26H26BrClN2O3. The highest BCUT2D eigenvalue weighted by Gasteiger charge is 2.30. The Hall–Kier alpha value is -2.83. The SMILES string of the molecule is CNC(=O)C(Cc1ccccc1)N(Cc1cccc(Cl)c1)C(=O)COc1ccc(Br)c(C)c1. The Labute approximate surface area is 207 Å². The van der Waals surface area contributed by atoms with E-state index in [-0.39, 0.29) is 25.0 Å². The molecule has 5 nitrogen and oxygen atoms in total. The third-order valence-corrected chi connectivity index (χ3v) is 6.38. The molecule has 3 aromatic rings. The van der Waals surface area contributed by atoms with E-state index in [1.54, 1.807) is 30.1 Å². The van der Waals surface area contributed by atoms with Crippen molar-refractivity contribution in [3.63, 3.8) is 0 Å². The Morgan fingerprint density at radius 1 is 1.03 bits per heavy atom. The van der Waals surface area contributed by atoms with Crippen molar-refractivity contribution < 1.29 is 14.3 Å². The van der Waals surface area contributed by atoms with Crippen molar-refractivity contribution in [3.8, 4) is 5.75 Å². The van der Waals surface area contributed by atoms with Crippen molar-refractivity contribution in [2.75, 3.05) is 13.7 Å². The van der Waals surface area contributed by atoms with Crippen LogP contribution >= 0.6 is 27.5 Å². The number of amides is 2. The van der Waals surface area contributed by atoms with E-state index >= 15 is 0 Å². The second kappa shape index (κ2) is 11.9. The van der Waals surface area contributed by atoms with Gasteiger partial charge in [0.05, 0.1) is 0 Å². The highest BCUT2D eigenvalue weighted by atomic mass is 79.9. The van der Waals surface area contributed by atoms with Crippen LogP contribution in [0, 0.1) is 6.92 Å². The fourth-order valence-electron chi connectivity index (χ4n) is 3.49. The highest BCUT2D eigenvalue weighted by Crippen LogP contribution is 2.22. The van der Waals surface area contributed by atoms with Crippen molar-refractivity contribution in [3.05, 3.63) is 99.0 Å². The largest absolute Gasteiger partial charge is 0.484 e. The molecule has 1 unspecified atom stereocenters. The summed E-state index contributed by atoms with van der Waals surface area (Å²) in [6.45, 7) is 1.99. The fourth-order valence-corrected chi connectivity index (χ4v) is 3.95. The third kappa shape index (κ3) is 7.07. The van der Waals surface area contributed by atoms with Gasteiger partial charge in [-0.2, -0.15) is 0 Å². The molecule has 0 heterocycles. The number of carbonyl (C=O) groups excluding carboxylic acids is 2. The first-order chi connectivity index (χ1) is 15.9. The van der Waals surface area contributed by atoms with Gasteiger partial charge in [-0.1, -0.05) is 70.0 Å². The summed E-state index contributed by atoms with van der Waals surface area (Å²) in [6, 6.07) is 21.7. The quantitative estimate of drug-likeness (QED) is 0.416. The van der Waals surface area contributed by atoms with Crippen LogP contribution in [0.25, 0.3) is 0 Å². The minimum Gasteiger partial charge on any atom is -0.484 e. The molecule has 0 aliphatic carbocycles. The summed E-state index contributed by atoms with van der Waals surface area (Å²) in [5.41, 5.74) is 2.79. The molecule has 0 fully saturated rings. The molecule has 3 rings (SSSR count). The lowest BCUT2D eigenvalue weighted by atomic mass is 10.0. The molecule has 0 bridgehead atoms. The first-order valence-electron chi connectivity index (χ1n) is 10.6. The Kier molecular flexibility index (Phi) is 8.92. The number of nitrogens with one attached hydrogen (secondary N) is 1. The van der Waals surface area contributed by atoms with E-state index < -0.39 is 6.04 Å². The average Bonchev–Trinajstić information content (AvgIpc) is 2.82. The van der Waals surface area contributed by atoms with E-state index in [0.717, 1.165) is 21.2 Å². The van der Waals surface area contributed by atoms with Crippen molar-refractivity contribution in [1.29, 1.82) is 0 Å². The number of likely N-dealkylation sites (N-methyl/N-ethyl adjacent to an activating group) is 1. The summed E-state index contributed by atoms with van der Waals surface area (Å²) in [6.07, 6.45) is 0.379. The predicted octanol–water partition coefficient (Wildman–Crippen LogP) is 5.18. The molecule has 1 atom stereocenters. The number of carbonyl (C=O) groups is 2. The molecule has 0 aliphatic rings. The molecule has 0 aromatic heterocycles. The van der Waals surface area contributed by atoms with Crippen molar-refractivity contribution in [2.45, 2.75) is 25.9 Å². The smallest absolute Gasteiger partial charge is 0.261 e. The number of hydrogen-bond donors (Lipinski definition) is 1. The first kappa shape index (κ1) is 24.8. The molecule has 7 heteroatoms. The van der Waals surface area contributed by atoms with Crippen LogP contribution in [0.5, 0.6) is 5.75 Å². The van der Waals surface area contributed by atoms with E-state index in [4.69, 9.17) is 16.3 Å². The highest BCUT2D eigenvalue weighted by molar-refractivity contribution is 9.10. The summed E-state index contributed by atoms with van der Waals surface area (Å²) in [4.78, 5) is 27.8. The zero-order chi connectivity index (χ0) is 23.8. The van der Waals surface area contributed by atoms with Crippen LogP contribution in [-0.2, 0) is 22.6 Å². The second-order valence-corrected chi connectivity index (χ2v) is 8.96. The van der Waals surface area contributed by atoms with Crippen LogP contribution in [0.2, 0.25) is 5.02 Å². The summed E-state index contributed by atoms with van der Waals surface area (Å²) >= 11 is 9.63. The predicted molar refractivity (Wildman–Crippen MR) is 134 cm³/mol. The summed E-state index contributed by atoms with van der Waals surface area (Å²) in [5.74, 6) is 0.0557. The standard InChI is InChI=1S/C26H26BrClN2O3/c1-18-13-22(11-12-23(18)27)33-17-25(31)30(16-20-9-6-10-21(28)14-20)24(26(32)29-2)15-19-7-4-3-5-8-19/h3-14,24H,15-17H2,1-2H3,(H,29,32). The molecule has 1 N–H and O–H groups in total. The second-order valence-electron chi connectivity index (χ2n) is 7.67. The van der Waals surface area contributed by atoms with Gasteiger partial charge in [0.2, 0.25) is 5.91 Å². The first-order valence-corrected chi connectivity index (χ1v) is 11.7. The maximum absolute atomic E-state index is 13.4. The van der Waals surface area contributed by atoms with Gasteiger partial charge in [0.15, 0.2) is 6.61 Å². The lowest BCUT2D eigenvalue weighted by Gasteiger charge is -2.31. The average molecular weight is 530 g/mol. The zero-order valence-corrected chi connectivity index (χ0v) is 20.9. The normalized spacial score (nSPS) is 11.5. The Balaban J connectivity index is 1.87. The molecule has 0 saturated heterocycles. The summed E-state index contributed by atoms with van der Waals surface area (Å²) in [7, 11) is 1.57. The van der Waals surface area contributed by atoms with Crippen LogP contribution in [-0.4, -0.2) is 36.4 Å². The van der Waals surface area contributed by atoms with Crippen molar-refractivity contribution in [1.82, 2.24) is 10.2 Å². The van der Waals surface area contributed by atoms with Gasteiger partial charge in [0.25, 0.3) is 5.91 Å². The molecule has 0 aliphatic heterocycles.